The number of benzene rings is 1. The van der Waals surface area contributed by atoms with Crippen LogP contribution in [0.2, 0.25) is 18.1 Å². The fourth-order valence-electron chi connectivity index (χ4n) is 1.91. The lowest BCUT2D eigenvalue weighted by atomic mass is 10.0. The minimum Gasteiger partial charge on any atom is -0.543 e. The first kappa shape index (κ1) is 14.4. The van der Waals surface area contributed by atoms with E-state index in [-0.39, 0.29) is 11.1 Å². The molecule has 1 aromatic rings. The van der Waals surface area contributed by atoms with Gasteiger partial charge in [0, 0.05) is 18.0 Å². The molecule has 0 aromatic heterocycles. The van der Waals surface area contributed by atoms with Crippen molar-refractivity contribution < 1.29 is 9.16 Å². The van der Waals surface area contributed by atoms with Crippen LogP contribution in [0.3, 0.4) is 0 Å². The molecule has 0 bridgehead atoms. The fraction of sp³-hybridized carbons (Fsp3) is 0.600. The SMILES string of the molecule is CC(C)(C)[Si](C)(C)Oc1ccc2c(c1)[C@@H](N)CCO2. The fourth-order valence-corrected chi connectivity index (χ4v) is 2.93. The molecule has 0 radical (unpaired) electrons. The van der Waals surface area contributed by atoms with E-state index in [1.807, 2.05) is 12.1 Å². The van der Waals surface area contributed by atoms with Crippen molar-refractivity contribution in [1.29, 1.82) is 0 Å². The first-order chi connectivity index (χ1) is 8.71. The smallest absolute Gasteiger partial charge is 0.250 e. The Hall–Kier alpha value is -1.00. The van der Waals surface area contributed by atoms with E-state index >= 15 is 0 Å². The first-order valence-electron chi connectivity index (χ1n) is 6.92. The molecule has 4 heteroatoms. The van der Waals surface area contributed by atoms with E-state index in [1.165, 1.54) is 0 Å². The Balaban J connectivity index is 2.26. The summed E-state index contributed by atoms with van der Waals surface area (Å²) in [6.45, 7) is 11.9. The van der Waals surface area contributed by atoms with E-state index < -0.39 is 8.32 Å². The Morgan fingerprint density at radius 2 is 2.00 bits per heavy atom. The summed E-state index contributed by atoms with van der Waals surface area (Å²) in [6.07, 6.45) is 0.872. The predicted octanol–water partition coefficient (Wildman–Crippen LogP) is 3.85. The molecular weight excluding hydrogens is 254 g/mol. The third-order valence-electron chi connectivity index (χ3n) is 4.25. The quantitative estimate of drug-likeness (QED) is 0.836. The molecule has 1 aliphatic heterocycles. The lowest BCUT2D eigenvalue weighted by Gasteiger charge is -2.36. The molecule has 1 aromatic carbocycles. The molecule has 0 fully saturated rings. The molecule has 0 saturated carbocycles. The van der Waals surface area contributed by atoms with Crippen LogP contribution >= 0.6 is 0 Å². The predicted molar refractivity (Wildman–Crippen MR) is 81.3 cm³/mol. The van der Waals surface area contributed by atoms with Crippen molar-refractivity contribution >= 4 is 8.32 Å². The van der Waals surface area contributed by atoms with Crippen LogP contribution in [0.5, 0.6) is 11.5 Å². The number of rotatable bonds is 2. The van der Waals surface area contributed by atoms with Crippen molar-refractivity contribution in [2.24, 2.45) is 5.73 Å². The summed E-state index contributed by atoms with van der Waals surface area (Å²) in [5.41, 5.74) is 7.21. The molecule has 0 unspecified atom stereocenters. The van der Waals surface area contributed by atoms with Gasteiger partial charge in [0.15, 0.2) is 0 Å². The van der Waals surface area contributed by atoms with Crippen LogP contribution in [-0.4, -0.2) is 14.9 Å². The summed E-state index contributed by atoms with van der Waals surface area (Å²) in [5.74, 6) is 1.83. The minimum absolute atomic E-state index is 0.0618. The van der Waals surface area contributed by atoms with Crippen LogP contribution in [0.4, 0.5) is 0 Å². The summed E-state index contributed by atoms with van der Waals surface area (Å²) >= 11 is 0. The Morgan fingerprint density at radius 1 is 1.32 bits per heavy atom. The zero-order valence-electron chi connectivity index (χ0n) is 12.6. The van der Waals surface area contributed by atoms with Crippen LogP contribution in [0.1, 0.15) is 38.8 Å². The Labute approximate surface area is 117 Å². The molecule has 1 atom stereocenters. The number of ether oxygens (including phenoxy) is 1. The van der Waals surface area contributed by atoms with Crippen molar-refractivity contribution in [2.45, 2.75) is 51.4 Å². The van der Waals surface area contributed by atoms with Crippen LogP contribution < -0.4 is 14.9 Å². The summed E-state index contributed by atoms with van der Waals surface area (Å²) in [6, 6.07) is 6.10. The minimum atomic E-state index is -1.79. The van der Waals surface area contributed by atoms with Crippen LogP contribution in [0, 0.1) is 0 Å². The van der Waals surface area contributed by atoms with Crippen molar-refractivity contribution in [3.63, 3.8) is 0 Å². The second-order valence-electron chi connectivity index (χ2n) is 6.81. The van der Waals surface area contributed by atoms with Gasteiger partial charge < -0.3 is 14.9 Å². The highest BCUT2D eigenvalue weighted by atomic mass is 28.4. The molecule has 19 heavy (non-hydrogen) atoms. The molecule has 2 rings (SSSR count). The lowest BCUT2D eigenvalue weighted by molar-refractivity contribution is 0.268. The maximum absolute atomic E-state index is 6.31. The van der Waals surface area contributed by atoms with Gasteiger partial charge in [-0.3, -0.25) is 0 Å². The average molecular weight is 279 g/mol. The molecule has 0 saturated heterocycles. The maximum Gasteiger partial charge on any atom is 0.250 e. The zero-order valence-corrected chi connectivity index (χ0v) is 13.6. The summed E-state index contributed by atoms with van der Waals surface area (Å²) in [7, 11) is -1.79. The van der Waals surface area contributed by atoms with Crippen molar-refractivity contribution in [1.82, 2.24) is 0 Å². The van der Waals surface area contributed by atoms with Gasteiger partial charge in [0.1, 0.15) is 11.5 Å². The molecule has 0 spiro atoms. The molecule has 106 valence electrons. The largest absolute Gasteiger partial charge is 0.543 e. The van der Waals surface area contributed by atoms with Gasteiger partial charge in [-0.25, -0.2) is 0 Å². The van der Waals surface area contributed by atoms with E-state index in [2.05, 4.69) is 39.9 Å². The van der Waals surface area contributed by atoms with E-state index in [0.717, 1.165) is 23.5 Å². The lowest BCUT2D eigenvalue weighted by Crippen LogP contribution is -2.43. The van der Waals surface area contributed by atoms with Crippen LogP contribution in [0.25, 0.3) is 0 Å². The van der Waals surface area contributed by atoms with E-state index in [1.54, 1.807) is 0 Å². The standard InChI is InChI=1S/C15H25NO2Si/c1-15(2,3)19(4,5)18-11-6-7-14-12(10-11)13(16)8-9-17-14/h6-7,10,13H,8-9,16H2,1-5H3/t13-/m0/s1. The molecule has 1 heterocycles. The number of hydrogen-bond acceptors (Lipinski definition) is 3. The number of fused-ring (bicyclic) bond motifs is 1. The zero-order chi connectivity index (χ0) is 14.3. The van der Waals surface area contributed by atoms with Gasteiger partial charge in [-0.05, 0) is 36.3 Å². The van der Waals surface area contributed by atoms with E-state index in [4.69, 9.17) is 14.9 Å². The maximum atomic E-state index is 6.31. The first-order valence-corrected chi connectivity index (χ1v) is 9.83. The van der Waals surface area contributed by atoms with Gasteiger partial charge >= 0.3 is 0 Å². The van der Waals surface area contributed by atoms with E-state index in [0.29, 0.717) is 6.61 Å². The van der Waals surface area contributed by atoms with Crippen LogP contribution in [0.15, 0.2) is 18.2 Å². The summed E-state index contributed by atoms with van der Waals surface area (Å²) in [4.78, 5) is 0. The second kappa shape index (κ2) is 4.83. The van der Waals surface area contributed by atoms with Gasteiger partial charge in [-0.1, -0.05) is 20.8 Å². The Morgan fingerprint density at radius 3 is 2.63 bits per heavy atom. The highest BCUT2D eigenvalue weighted by Crippen LogP contribution is 2.39. The monoisotopic (exact) mass is 279 g/mol. The van der Waals surface area contributed by atoms with Gasteiger partial charge in [-0.15, -0.1) is 0 Å². The Bertz CT molecular complexity index is 466. The topological polar surface area (TPSA) is 44.5 Å². The molecule has 2 N–H and O–H groups in total. The molecule has 3 nitrogen and oxygen atoms in total. The van der Waals surface area contributed by atoms with Crippen molar-refractivity contribution in [2.75, 3.05) is 6.61 Å². The molecule has 0 aliphatic carbocycles. The number of hydrogen-bond donors (Lipinski definition) is 1. The second-order valence-corrected chi connectivity index (χ2v) is 11.5. The highest BCUT2D eigenvalue weighted by Gasteiger charge is 2.39. The summed E-state index contributed by atoms with van der Waals surface area (Å²) in [5, 5.41) is 0.196. The third-order valence-corrected chi connectivity index (χ3v) is 8.60. The molecular formula is C15H25NO2Si. The van der Waals surface area contributed by atoms with Gasteiger partial charge in [0.2, 0.25) is 8.32 Å². The van der Waals surface area contributed by atoms with Gasteiger partial charge in [-0.2, -0.15) is 0 Å². The molecule has 1 aliphatic rings. The Kier molecular flexibility index (Phi) is 3.67. The number of nitrogens with two attached hydrogens (primary N) is 1. The highest BCUT2D eigenvalue weighted by molar-refractivity contribution is 6.74. The van der Waals surface area contributed by atoms with Crippen LogP contribution in [-0.2, 0) is 0 Å². The van der Waals surface area contributed by atoms with E-state index in [9.17, 15) is 0 Å². The normalized spacial score (nSPS) is 19.6. The van der Waals surface area contributed by atoms with Gasteiger partial charge in [0.05, 0.1) is 6.61 Å². The molecule has 0 amide bonds. The summed E-state index contributed by atoms with van der Waals surface area (Å²) < 4.78 is 11.9. The van der Waals surface area contributed by atoms with Gasteiger partial charge in [0.25, 0.3) is 0 Å². The average Bonchev–Trinajstić information content (AvgIpc) is 2.28. The van der Waals surface area contributed by atoms with Crippen molar-refractivity contribution in [3.05, 3.63) is 23.8 Å². The third kappa shape index (κ3) is 2.95. The van der Waals surface area contributed by atoms with Crippen molar-refractivity contribution in [3.8, 4) is 11.5 Å².